The van der Waals surface area contributed by atoms with Gasteiger partial charge in [-0.25, -0.2) is 4.79 Å². The lowest BCUT2D eigenvalue weighted by Gasteiger charge is -2.26. The highest BCUT2D eigenvalue weighted by Gasteiger charge is 2.42. The molecular weight excluding hydrogens is 284 g/mol. The molecule has 1 aromatic carbocycles. The zero-order valence-corrected chi connectivity index (χ0v) is 11.5. The first-order chi connectivity index (χ1) is 9.00. The Morgan fingerprint density at radius 2 is 2.16 bits per heavy atom. The number of hydrogen-bond acceptors (Lipinski definition) is 5. The Hall–Kier alpha value is -1.08. The molecule has 0 amide bonds. The maximum Gasteiger partial charge on any atom is 0.345 e. The van der Waals surface area contributed by atoms with Crippen LogP contribution in [-0.4, -0.2) is 33.1 Å². The maximum absolute atomic E-state index is 10.9. The topological polar surface area (TPSA) is 77.8 Å². The van der Waals surface area contributed by atoms with Gasteiger partial charge in [-0.05, 0) is 41.3 Å². The summed E-state index contributed by atoms with van der Waals surface area (Å²) in [6.07, 6.45) is -0.226. The predicted octanol–water partition coefficient (Wildman–Crippen LogP) is 2.24. The second kappa shape index (κ2) is 4.49. The SMILES string of the molecule is O=C(O)c1cc2cc(C3(O)SCCC3O)ccc2s1. The van der Waals surface area contributed by atoms with Crippen LogP contribution in [0.15, 0.2) is 24.3 Å². The van der Waals surface area contributed by atoms with Gasteiger partial charge in [-0.1, -0.05) is 6.07 Å². The van der Waals surface area contributed by atoms with Crippen LogP contribution in [0.3, 0.4) is 0 Å². The first-order valence-electron chi connectivity index (χ1n) is 5.82. The van der Waals surface area contributed by atoms with E-state index in [1.54, 1.807) is 24.3 Å². The number of thioether (sulfide) groups is 1. The van der Waals surface area contributed by atoms with E-state index in [2.05, 4.69) is 0 Å². The molecule has 6 heteroatoms. The van der Waals surface area contributed by atoms with Gasteiger partial charge < -0.3 is 15.3 Å². The van der Waals surface area contributed by atoms with E-state index in [1.165, 1.54) is 23.1 Å². The van der Waals surface area contributed by atoms with Gasteiger partial charge in [0.2, 0.25) is 0 Å². The van der Waals surface area contributed by atoms with Crippen LogP contribution in [0.1, 0.15) is 21.7 Å². The number of aromatic carboxylic acids is 1. The van der Waals surface area contributed by atoms with E-state index >= 15 is 0 Å². The van der Waals surface area contributed by atoms with Gasteiger partial charge in [-0.3, -0.25) is 0 Å². The number of aliphatic hydroxyl groups is 2. The molecule has 0 spiro atoms. The normalized spacial score (nSPS) is 26.9. The average Bonchev–Trinajstić information content (AvgIpc) is 2.94. The second-order valence-corrected chi connectivity index (χ2v) is 6.92. The summed E-state index contributed by atoms with van der Waals surface area (Å²) >= 11 is 2.53. The number of carboxylic acid groups (broad SMARTS) is 1. The van der Waals surface area contributed by atoms with Crippen molar-refractivity contribution in [3.8, 4) is 0 Å². The van der Waals surface area contributed by atoms with Crippen molar-refractivity contribution in [2.45, 2.75) is 17.5 Å². The Labute approximate surface area is 117 Å². The van der Waals surface area contributed by atoms with Crippen molar-refractivity contribution in [1.29, 1.82) is 0 Å². The van der Waals surface area contributed by atoms with Crippen LogP contribution in [0.2, 0.25) is 0 Å². The number of hydrogen-bond donors (Lipinski definition) is 3. The van der Waals surface area contributed by atoms with Crippen LogP contribution in [0.25, 0.3) is 10.1 Å². The fourth-order valence-corrected chi connectivity index (χ4v) is 4.40. The van der Waals surface area contributed by atoms with E-state index in [0.717, 1.165) is 10.1 Å². The summed E-state index contributed by atoms with van der Waals surface area (Å²) in [7, 11) is 0. The van der Waals surface area contributed by atoms with Gasteiger partial charge in [0, 0.05) is 4.70 Å². The van der Waals surface area contributed by atoms with Crippen LogP contribution in [-0.2, 0) is 4.93 Å². The molecule has 1 saturated heterocycles. The number of carbonyl (C=O) groups is 1. The summed E-state index contributed by atoms with van der Waals surface area (Å²) in [6.45, 7) is 0. The molecule has 19 heavy (non-hydrogen) atoms. The van der Waals surface area contributed by atoms with Crippen molar-refractivity contribution in [1.82, 2.24) is 0 Å². The maximum atomic E-state index is 10.9. The molecule has 4 nitrogen and oxygen atoms in total. The molecule has 3 N–H and O–H groups in total. The lowest BCUT2D eigenvalue weighted by atomic mass is 10.0. The minimum atomic E-state index is -1.28. The highest BCUT2D eigenvalue weighted by molar-refractivity contribution is 8.00. The molecule has 0 radical (unpaired) electrons. The van der Waals surface area contributed by atoms with E-state index in [9.17, 15) is 15.0 Å². The molecule has 2 unspecified atom stereocenters. The van der Waals surface area contributed by atoms with Crippen molar-refractivity contribution < 1.29 is 20.1 Å². The van der Waals surface area contributed by atoms with Crippen molar-refractivity contribution in [3.63, 3.8) is 0 Å². The third-order valence-electron chi connectivity index (χ3n) is 3.31. The summed E-state index contributed by atoms with van der Waals surface area (Å²) in [4.78, 5) is 9.94. The molecule has 1 aliphatic heterocycles. The van der Waals surface area contributed by atoms with Crippen molar-refractivity contribution >= 4 is 39.2 Å². The Kier molecular flexibility index (Phi) is 3.05. The van der Waals surface area contributed by atoms with Gasteiger partial charge >= 0.3 is 5.97 Å². The fourth-order valence-electron chi connectivity index (χ4n) is 2.27. The number of aliphatic hydroxyl groups excluding tert-OH is 1. The summed E-state index contributed by atoms with van der Waals surface area (Å²) in [5, 5.41) is 30.2. The largest absolute Gasteiger partial charge is 0.477 e. The van der Waals surface area contributed by atoms with Crippen molar-refractivity contribution in [3.05, 3.63) is 34.7 Å². The number of carboxylic acids is 1. The average molecular weight is 296 g/mol. The second-order valence-electron chi connectivity index (χ2n) is 4.52. The van der Waals surface area contributed by atoms with Crippen LogP contribution in [0, 0.1) is 0 Å². The quantitative estimate of drug-likeness (QED) is 0.792. The third kappa shape index (κ3) is 2.04. The zero-order valence-electron chi connectivity index (χ0n) is 9.87. The van der Waals surface area contributed by atoms with Crippen LogP contribution in [0.4, 0.5) is 0 Å². The molecule has 2 heterocycles. The van der Waals surface area contributed by atoms with E-state index in [1.807, 2.05) is 0 Å². The van der Waals surface area contributed by atoms with E-state index in [0.29, 0.717) is 17.7 Å². The molecule has 2 aromatic rings. The molecule has 3 rings (SSSR count). The molecule has 0 saturated carbocycles. The van der Waals surface area contributed by atoms with E-state index in [4.69, 9.17) is 5.11 Å². The Balaban J connectivity index is 2.08. The molecule has 1 fully saturated rings. The van der Waals surface area contributed by atoms with Gasteiger partial charge in [-0.15, -0.1) is 23.1 Å². The van der Waals surface area contributed by atoms with E-state index in [-0.39, 0.29) is 4.88 Å². The predicted molar refractivity (Wildman–Crippen MR) is 75.8 cm³/mol. The summed E-state index contributed by atoms with van der Waals surface area (Å²) in [6, 6.07) is 6.92. The molecule has 100 valence electrons. The minimum absolute atomic E-state index is 0.277. The molecule has 0 aliphatic carbocycles. The Morgan fingerprint density at radius 3 is 2.79 bits per heavy atom. The molecule has 1 aromatic heterocycles. The van der Waals surface area contributed by atoms with Crippen molar-refractivity contribution in [2.75, 3.05) is 5.75 Å². The zero-order chi connectivity index (χ0) is 13.6. The summed E-state index contributed by atoms with van der Waals surface area (Å²) < 4.78 is 0.863. The van der Waals surface area contributed by atoms with Crippen LogP contribution >= 0.6 is 23.1 Å². The third-order valence-corrected chi connectivity index (χ3v) is 5.80. The van der Waals surface area contributed by atoms with Gasteiger partial charge in [0.1, 0.15) is 4.88 Å². The summed E-state index contributed by atoms with van der Waals surface area (Å²) in [5.41, 5.74) is 0.629. The fraction of sp³-hybridized carbons (Fsp3) is 0.308. The molecule has 0 bridgehead atoms. The van der Waals surface area contributed by atoms with Gasteiger partial charge in [-0.2, -0.15) is 0 Å². The van der Waals surface area contributed by atoms with Crippen LogP contribution < -0.4 is 0 Å². The summed E-state index contributed by atoms with van der Waals surface area (Å²) in [5.74, 6) is -0.239. The number of thiophene rings is 1. The molecule has 2 atom stereocenters. The number of benzene rings is 1. The smallest absolute Gasteiger partial charge is 0.345 e. The highest BCUT2D eigenvalue weighted by atomic mass is 32.2. The number of fused-ring (bicyclic) bond motifs is 1. The highest BCUT2D eigenvalue weighted by Crippen LogP contribution is 2.45. The van der Waals surface area contributed by atoms with Gasteiger partial charge in [0.25, 0.3) is 0 Å². The standard InChI is InChI=1S/C13H12O4S2/c14-11-3-4-18-13(11,17)8-1-2-9-7(5-8)6-10(19-9)12(15)16/h1-2,5-6,11,14,17H,3-4H2,(H,15,16). The lowest BCUT2D eigenvalue weighted by Crippen LogP contribution is -2.31. The van der Waals surface area contributed by atoms with E-state index < -0.39 is 17.0 Å². The molecular formula is C13H12O4S2. The number of rotatable bonds is 2. The Morgan fingerprint density at radius 1 is 1.37 bits per heavy atom. The monoisotopic (exact) mass is 296 g/mol. The first-order valence-corrected chi connectivity index (χ1v) is 7.62. The van der Waals surface area contributed by atoms with Crippen molar-refractivity contribution in [2.24, 2.45) is 0 Å². The Bertz CT molecular complexity index is 651. The first kappa shape index (κ1) is 12.9. The minimum Gasteiger partial charge on any atom is -0.477 e. The molecule has 1 aliphatic rings. The lowest BCUT2D eigenvalue weighted by molar-refractivity contribution is -0.00196. The van der Waals surface area contributed by atoms with Gasteiger partial charge in [0.15, 0.2) is 4.93 Å². The van der Waals surface area contributed by atoms with Crippen LogP contribution in [0.5, 0.6) is 0 Å². The van der Waals surface area contributed by atoms with Gasteiger partial charge in [0.05, 0.1) is 6.10 Å².